The Kier molecular flexibility index (Phi) is 5.63. The third-order valence-electron chi connectivity index (χ3n) is 5.69. The van der Waals surface area contributed by atoms with Crippen LogP contribution in [0.2, 0.25) is 0 Å². The topological polar surface area (TPSA) is 80.2 Å². The van der Waals surface area contributed by atoms with Crippen LogP contribution < -0.4 is 10.1 Å². The molecule has 2 aliphatic heterocycles. The van der Waals surface area contributed by atoms with E-state index in [0.717, 1.165) is 0 Å². The van der Waals surface area contributed by atoms with Crippen molar-refractivity contribution in [2.75, 3.05) is 25.5 Å². The van der Waals surface area contributed by atoms with Crippen LogP contribution in [0, 0.1) is 12.7 Å². The Hall–Kier alpha value is -3.42. The Morgan fingerprint density at radius 2 is 2.00 bits per heavy atom. The zero-order valence-corrected chi connectivity index (χ0v) is 17.5. The first-order chi connectivity index (χ1) is 14.9. The normalized spacial score (nSPS) is 20.2. The molecule has 2 aromatic carbocycles. The molecule has 0 aromatic heterocycles. The summed E-state index contributed by atoms with van der Waals surface area (Å²) in [5.41, 5.74) is 0.968. The highest BCUT2D eigenvalue weighted by atomic mass is 19.1. The zero-order valence-electron chi connectivity index (χ0n) is 17.5. The summed E-state index contributed by atoms with van der Waals surface area (Å²) < 4.78 is 19.0. The fourth-order valence-corrected chi connectivity index (χ4v) is 3.92. The van der Waals surface area contributed by atoms with Crippen molar-refractivity contribution in [1.29, 1.82) is 0 Å². The molecule has 7 nitrogen and oxygen atoms in total. The van der Waals surface area contributed by atoms with Crippen LogP contribution >= 0.6 is 0 Å². The van der Waals surface area contributed by atoms with Crippen LogP contribution in [0.5, 0.6) is 5.75 Å². The van der Waals surface area contributed by atoms with E-state index in [4.69, 9.17) is 9.57 Å². The Morgan fingerprint density at radius 1 is 1.23 bits per heavy atom. The summed E-state index contributed by atoms with van der Waals surface area (Å²) >= 11 is 0. The number of hydrogen-bond donors (Lipinski definition) is 1. The third-order valence-corrected chi connectivity index (χ3v) is 5.69. The third kappa shape index (κ3) is 4.38. The van der Waals surface area contributed by atoms with E-state index in [1.54, 1.807) is 55.3 Å². The minimum Gasteiger partial charge on any atom is -0.497 e. The highest BCUT2D eigenvalue weighted by Gasteiger charge is 2.45. The van der Waals surface area contributed by atoms with Crippen LogP contribution in [0.25, 0.3) is 0 Å². The van der Waals surface area contributed by atoms with Crippen molar-refractivity contribution in [2.24, 2.45) is 5.16 Å². The van der Waals surface area contributed by atoms with Crippen molar-refractivity contribution >= 4 is 23.2 Å². The molecule has 31 heavy (non-hydrogen) atoms. The first-order valence-electron chi connectivity index (χ1n) is 10.1. The molecule has 8 heteroatoms. The molecule has 2 aromatic rings. The molecule has 2 amide bonds. The molecule has 1 saturated heterocycles. The number of nitrogens with zero attached hydrogens (tertiary/aromatic N) is 2. The number of aryl methyl sites for hydroxylation is 1. The molecule has 0 aliphatic carbocycles. The summed E-state index contributed by atoms with van der Waals surface area (Å²) in [6.45, 7) is 2.50. The molecule has 0 saturated carbocycles. The molecular formula is C23H24FN3O4. The number of piperidine rings is 1. The number of anilines is 1. The minimum atomic E-state index is -0.732. The van der Waals surface area contributed by atoms with E-state index in [-0.39, 0.29) is 17.5 Å². The Labute approximate surface area is 179 Å². The lowest BCUT2D eigenvalue weighted by molar-refractivity contribution is -0.110. The van der Waals surface area contributed by atoms with Crippen LogP contribution in [0.15, 0.2) is 47.6 Å². The van der Waals surface area contributed by atoms with E-state index in [9.17, 15) is 14.0 Å². The lowest BCUT2D eigenvalue weighted by atomic mass is 9.87. The van der Waals surface area contributed by atoms with Crippen LogP contribution in [0.1, 0.15) is 35.2 Å². The number of halogens is 1. The van der Waals surface area contributed by atoms with Gasteiger partial charge in [-0.05, 0) is 61.7 Å². The molecule has 0 bridgehead atoms. The van der Waals surface area contributed by atoms with Gasteiger partial charge >= 0.3 is 0 Å². The number of ether oxygens (including phenoxy) is 1. The van der Waals surface area contributed by atoms with Crippen molar-refractivity contribution in [2.45, 2.75) is 31.8 Å². The van der Waals surface area contributed by atoms with Crippen molar-refractivity contribution in [3.8, 4) is 5.75 Å². The molecule has 0 radical (unpaired) electrons. The summed E-state index contributed by atoms with van der Waals surface area (Å²) in [6.07, 6.45) is 1.70. The number of oxime groups is 1. The van der Waals surface area contributed by atoms with Gasteiger partial charge in [-0.15, -0.1) is 0 Å². The van der Waals surface area contributed by atoms with E-state index in [1.165, 1.54) is 6.07 Å². The van der Waals surface area contributed by atoms with Gasteiger partial charge in [0.1, 0.15) is 17.3 Å². The quantitative estimate of drug-likeness (QED) is 0.813. The number of methoxy groups -OCH3 is 1. The van der Waals surface area contributed by atoms with Gasteiger partial charge in [0.2, 0.25) is 0 Å². The number of benzene rings is 2. The van der Waals surface area contributed by atoms with Gasteiger partial charge in [0, 0.05) is 24.2 Å². The molecule has 1 fully saturated rings. The molecule has 1 atom stereocenters. The van der Waals surface area contributed by atoms with Crippen molar-refractivity contribution in [3.63, 3.8) is 0 Å². The fraction of sp³-hybridized carbons (Fsp3) is 0.348. The molecule has 4 rings (SSSR count). The smallest absolute Gasteiger partial charge is 0.273 e. The summed E-state index contributed by atoms with van der Waals surface area (Å²) in [7, 11) is 1.57. The predicted octanol–water partition coefficient (Wildman–Crippen LogP) is 3.53. The van der Waals surface area contributed by atoms with Gasteiger partial charge in [0.05, 0.1) is 13.7 Å². The number of carbonyl (C=O) groups excluding carboxylic acids is 2. The van der Waals surface area contributed by atoms with Gasteiger partial charge in [-0.3, -0.25) is 9.59 Å². The number of amides is 2. The Morgan fingerprint density at radius 3 is 2.71 bits per heavy atom. The van der Waals surface area contributed by atoms with E-state index >= 15 is 0 Å². The maximum atomic E-state index is 13.9. The number of nitrogens with one attached hydrogen (secondary N) is 1. The van der Waals surface area contributed by atoms with Gasteiger partial charge in [-0.25, -0.2) is 4.39 Å². The summed E-state index contributed by atoms with van der Waals surface area (Å²) in [6, 6.07) is 11.5. The number of rotatable bonds is 4. The highest BCUT2D eigenvalue weighted by molar-refractivity contribution is 6.43. The van der Waals surface area contributed by atoms with Crippen LogP contribution in [0.3, 0.4) is 0 Å². The summed E-state index contributed by atoms with van der Waals surface area (Å²) in [4.78, 5) is 32.8. The van der Waals surface area contributed by atoms with Gasteiger partial charge in [0.25, 0.3) is 11.8 Å². The van der Waals surface area contributed by atoms with Gasteiger partial charge in [-0.1, -0.05) is 11.2 Å². The molecule has 1 spiro atoms. The molecular weight excluding hydrogens is 401 g/mol. The van der Waals surface area contributed by atoms with Crippen molar-refractivity contribution in [3.05, 3.63) is 59.4 Å². The van der Waals surface area contributed by atoms with Crippen LogP contribution in [-0.2, 0) is 9.63 Å². The second kappa shape index (κ2) is 8.37. The van der Waals surface area contributed by atoms with Crippen molar-refractivity contribution < 1.29 is 23.6 Å². The van der Waals surface area contributed by atoms with Crippen LogP contribution in [-0.4, -0.2) is 48.2 Å². The first-order valence-corrected chi connectivity index (χ1v) is 10.1. The summed E-state index contributed by atoms with van der Waals surface area (Å²) in [5, 5.41) is 6.82. The average Bonchev–Trinajstić information content (AvgIpc) is 3.19. The average molecular weight is 425 g/mol. The van der Waals surface area contributed by atoms with Crippen molar-refractivity contribution in [1.82, 2.24) is 4.90 Å². The molecule has 162 valence electrons. The minimum absolute atomic E-state index is 0.252. The largest absolute Gasteiger partial charge is 0.497 e. The standard InChI is InChI=1S/C23H24FN3O4/c1-15-4-5-16(12-19(15)24)22(29)27-11-3-10-23(14-27)13-20(26-31-23)21(28)25-17-6-8-18(30-2)9-7-17/h4-9,12H,3,10-11,13-14H2,1-2H3,(H,25,28)/t23-/m0/s1. The molecule has 0 unspecified atom stereocenters. The Bertz CT molecular complexity index is 1040. The molecule has 1 N–H and O–H groups in total. The predicted molar refractivity (Wildman–Crippen MR) is 114 cm³/mol. The zero-order chi connectivity index (χ0) is 22.0. The number of hydrogen-bond acceptors (Lipinski definition) is 5. The second-order valence-corrected chi connectivity index (χ2v) is 7.97. The lowest BCUT2D eigenvalue weighted by Gasteiger charge is -2.38. The molecule has 2 heterocycles. The second-order valence-electron chi connectivity index (χ2n) is 7.97. The number of likely N-dealkylation sites (tertiary alicyclic amines) is 1. The first kappa shape index (κ1) is 20.8. The van der Waals surface area contributed by atoms with Gasteiger partial charge in [0.15, 0.2) is 5.60 Å². The SMILES string of the molecule is COc1ccc(NC(=O)C2=NO[C@@]3(CCCN(C(=O)c4ccc(C)c(F)c4)C3)C2)cc1. The van der Waals surface area contributed by atoms with E-state index in [0.29, 0.717) is 54.9 Å². The fourth-order valence-electron chi connectivity index (χ4n) is 3.92. The number of carbonyl (C=O) groups is 2. The summed E-state index contributed by atoms with van der Waals surface area (Å²) in [5.74, 6) is -0.307. The highest BCUT2D eigenvalue weighted by Crippen LogP contribution is 2.34. The Balaban J connectivity index is 1.40. The van der Waals surface area contributed by atoms with E-state index in [2.05, 4.69) is 10.5 Å². The van der Waals surface area contributed by atoms with E-state index in [1.807, 2.05) is 0 Å². The molecule has 2 aliphatic rings. The van der Waals surface area contributed by atoms with E-state index < -0.39 is 11.4 Å². The monoisotopic (exact) mass is 425 g/mol. The maximum Gasteiger partial charge on any atom is 0.273 e. The van der Waals surface area contributed by atoms with Gasteiger partial charge in [-0.2, -0.15) is 0 Å². The lowest BCUT2D eigenvalue weighted by Crippen LogP contribution is -2.50. The maximum absolute atomic E-state index is 13.9. The van der Waals surface area contributed by atoms with Crippen LogP contribution in [0.4, 0.5) is 10.1 Å². The van der Waals surface area contributed by atoms with Gasteiger partial charge < -0.3 is 19.8 Å².